The highest BCUT2D eigenvalue weighted by Gasteiger charge is 2.07. The van der Waals surface area contributed by atoms with Crippen LogP contribution in [0.25, 0.3) is 0 Å². The third kappa shape index (κ3) is 4.55. The number of anilines is 1. The molecule has 0 saturated heterocycles. The molecule has 0 aromatic heterocycles. The molecule has 0 spiro atoms. The van der Waals surface area contributed by atoms with E-state index in [4.69, 9.17) is 18.0 Å². The van der Waals surface area contributed by atoms with Gasteiger partial charge in [0.15, 0.2) is 9.84 Å². The second kappa shape index (κ2) is 6.49. The van der Waals surface area contributed by atoms with Gasteiger partial charge in [0.05, 0.1) is 5.75 Å². The van der Waals surface area contributed by atoms with Crippen LogP contribution >= 0.6 is 28.1 Å². The second-order valence-corrected chi connectivity index (χ2v) is 7.49. The molecule has 0 heterocycles. The predicted octanol–water partition coefficient (Wildman–Crippen LogP) is 1.93. The van der Waals surface area contributed by atoms with Gasteiger partial charge in [-0.3, -0.25) is 0 Å². The van der Waals surface area contributed by atoms with Crippen LogP contribution in [0.4, 0.5) is 5.69 Å². The van der Waals surface area contributed by atoms with Gasteiger partial charge in [-0.1, -0.05) is 19.1 Å². The molecular weight excluding hydrogens is 336 g/mol. The zero-order valence-electron chi connectivity index (χ0n) is 9.94. The average Bonchev–Trinajstić information content (AvgIpc) is 2.28. The fourth-order valence-electron chi connectivity index (χ4n) is 1.32. The van der Waals surface area contributed by atoms with Gasteiger partial charge in [0.2, 0.25) is 0 Å². The lowest BCUT2D eigenvalue weighted by Gasteiger charge is -2.09. The Kier molecular flexibility index (Phi) is 5.55. The fraction of sp³-hybridized carbons (Fsp3) is 0.364. The topological polar surface area (TPSA) is 72.2 Å². The number of nitrogens with one attached hydrogen (secondary N) is 1. The number of rotatable bonds is 6. The van der Waals surface area contributed by atoms with Crippen molar-refractivity contribution in [1.82, 2.24) is 0 Å². The third-order valence-electron chi connectivity index (χ3n) is 2.42. The van der Waals surface area contributed by atoms with E-state index in [0.29, 0.717) is 11.5 Å². The summed E-state index contributed by atoms with van der Waals surface area (Å²) in [6.07, 6.45) is 0. The molecule has 0 unspecified atom stereocenters. The van der Waals surface area contributed by atoms with Crippen molar-refractivity contribution in [3.8, 4) is 0 Å². The minimum Gasteiger partial charge on any atom is -0.389 e. The summed E-state index contributed by atoms with van der Waals surface area (Å²) < 4.78 is 23.4. The Labute approximate surface area is 121 Å². The van der Waals surface area contributed by atoms with Gasteiger partial charge in [-0.2, -0.15) is 0 Å². The lowest BCUT2D eigenvalue weighted by molar-refractivity contribution is 0.597. The van der Waals surface area contributed by atoms with Gasteiger partial charge >= 0.3 is 0 Å². The smallest absolute Gasteiger partial charge is 0.151 e. The summed E-state index contributed by atoms with van der Waals surface area (Å²) in [6, 6.07) is 5.44. The van der Waals surface area contributed by atoms with Crippen LogP contribution in [-0.2, 0) is 9.84 Å². The van der Waals surface area contributed by atoms with E-state index in [1.54, 1.807) is 13.0 Å². The van der Waals surface area contributed by atoms with Crippen LogP contribution in [0.2, 0.25) is 0 Å². The number of hydrogen-bond acceptors (Lipinski definition) is 4. The normalized spacial score (nSPS) is 11.2. The van der Waals surface area contributed by atoms with Gasteiger partial charge in [-0.05, 0) is 34.1 Å². The fourth-order valence-corrected chi connectivity index (χ4v) is 2.92. The minimum absolute atomic E-state index is 0.123. The zero-order chi connectivity index (χ0) is 13.8. The van der Waals surface area contributed by atoms with E-state index in [1.165, 1.54) is 0 Å². The maximum Gasteiger partial charge on any atom is 0.151 e. The number of halogens is 1. The highest BCUT2D eigenvalue weighted by Crippen LogP contribution is 2.21. The van der Waals surface area contributed by atoms with E-state index in [2.05, 4.69) is 21.2 Å². The summed E-state index contributed by atoms with van der Waals surface area (Å²) in [5, 5.41) is 3.05. The molecule has 7 heteroatoms. The quantitative estimate of drug-likeness (QED) is 0.767. The summed E-state index contributed by atoms with van der Waals surface area (Å²) >= 11 is 8.26. The number of thiocarbonyl (C=S) groups is 1. The van der Waals surface area contributed by atoms with Crippen molar-refractivity contribution in [3.63, 3.8) is 0 Å². The predicted molar refractivity (Wildman–Crippen MR) is 82.8 cm³/mol. The molecule has 1 aromatic carbocycles. The van der Waals surface area contributed by atoms with Gasteiger partial charge in [-0.25, -0.2) is 8.42 Å². The Morgan fingerprint density at radius 2 is 2.17 bits per heavy atom. The molecule has 1 aromatic rings. The van der Waals surface area contributed by atoms with Crippen LogP contribution in [-0.4, -0.2) is 31.5 Å². The summed E-state index contributed by atoms with van der Waals surface area (Å²) in [4.78, 5) is 0.321. The lowest BCUT2D eigenvalue weighted by atomic mass is 10.2. The van der Waals surface area contributed by atoms with E-state index in [9.17, 15) is 8.42 Å². The highest BCUT2D eigenvalue weighted by atomic mass is 79.9. The minimum atomic E-state index is -2.94. The van der Waals surface area contributed by atoms with Crippen LogP contribution in [0.3, 0.4) is 0 Å². The molecule has 18 heavy (non-hydrogen) atoms. The molecule has 0 bridgehead atoms. The molecule has 0 aliphatic rings. The standard InChI is InChI=1S/C11H15BrN2O2S2/c1-2-18(15,16)6-5-14-8-3-4-9(11(13)17)10(12)7-8/h3-4,7,14H,2,5-6H2,1H3,(H2,13,17). The van der Waals surface area contributed by atoms with E-state index in [-0.39, 0.29) is 11.5 Å². The van der Waals surface area contributed by atoms with Gasteiger partial charge < -0.3 is 11.1 Å². The molecule has 0 fully saturated rings. The number of nitrogens with two attached hydrogens (primary N) is 1. The Morgan fingerprint density at radius 3 is 2.67 bits per heavy atom. The van der Waals surface area contributed by atoms with E-state index < -0.39 is 9.84 Å². The largest absolute Gasteiger partial charge is 0.389 e. The number of benzene rings is 1. The first-order chi connectivity index (χ1) is 8.35. The Bertz CT molecular complexity index is 544. The molecule has 0 aliphatic heterocycles. The van der Waals surface area contributed by atoms with E-state index in [0.717, 1.165) is 15.7 Å². The maximum atomic E-state index is 11.3. The molecule has 0 amide bonds. The first kappa shape index (κ1) is 15.4. The molecule has 100 valence electrons. The molecule has 1 rings (SSSR count). The van der Waals surface area contributed by atoms with Crippen LogP contribution in [0.5, 0.6) is 0 Å². The van der Waals surface area contributed by atoms with Gasteiger partial charge in [0.1, 0.15) is 4.99 Å². The first-order valence-corrected chi connectivity index (χ1v) is 8.41. The van der Waals surface area contributed by atoms with Crippen LogP contribution in [0.1, 0.15) is 12.5 Å². The van der Waals surface area contributed by atoms with Crippen LogP contribution in [0, 0.1) is 0 Å². The summed E-state index contributed by atoms with van der Waals surface area (Å²) in [7, 11) is -2.94. The zero-order valence-corrected chi connectivity index (χ0v) is 13.2. The van der Waals surface area contributed by atoms with Crippen molar-refractivity contribution in [2.45, 2.75) is 6.92 Å². The van der Waals surface area contributed by atoms with Crippen molar-refractivity contribution >= 4 is 48.7 Å². The van der Waals surface area contributed by atoms with E-state index >= 15 is 0 Å². The highest BCUT2D eigenvalue weighted by molar-refractivity contribution is 9.10. The number of hydrogen-bond donors (Lipinski definition) is 2. The van der Waals surface area contributed by atoms with Crippen molar-refractivity contribution < 1.29 is 8.42 Å². The van der Waals surface area contributed by atoms with Crippen LogP contribution < -0.4 is 11.1 Å². The number of sulfone groups is 1. The van der Waals surface area contributed by atoms with Crippen molar-refractivity contribution in [2.75, 3.05) is 23.4 Å². The molecule has 0 radical (unpaired) electrons. The SMILES string of the molecule is CCS(=O)(=O)CCNc1ccc(C(N)=S)c(Br)c1. The molecular formula is C11H15BrN2O2S2. The van der Waals surface area contributed by atoms with Crippen molar-refractivity contribution in [3.05, 3.63) is 28.2 Å². The van der Waals surface area contributed by atoms with Gasteiger partial charge in [0.25, 0.3) is 0 Å². The van der Waals surface area contributed by atoms with Crippen molar-refractivity contribution in [2.24, 2.45) is 5.73 Å². The third-order valence-corrected chi connectivity index (χ3v) is 5.00. The summed E-state index contributed by atoms with van der Waals surface area (Å²) in [5.41, 5.74) is 7.13. The molecule has 0 saturated carbocycles. The first-order valence-electron chi connectivity index (χ1n) is 5.39. The molecule has 0 atom stereocenters. The Balaban J connectivity index is 2.65. The molecule has 3 N–H and O–H groups in total. The average molecular weight is 351 g/mol. The molecule has 0 aliphatic carbocycles. The maximum absolute atomic E-state index is 11.3. The lowest BCUT2D eigenvalue weighted by Crippen LogP contribution is -2.17. The van der Waals surface area contributed by atoms with Crippen LogP contribution in [0.15, 0.2) is 22.7 Å². The molecule has 4 nitrogen and oxygen atoms in total. The van der Waals surface area contributed by atoms with E-state index in [1.807, 2.05) is 12.1 Å². The van der Waals surface area contributed by atoms with Gasteiger partial charge in [0, 0.05) is 28.0 Å². The van der Waals surface area contributed by atoms with Gasteiger partial charge in [-0.15, -0.1) is 0 Å². The Hall–Kier alpha value is -0.660. The monoisotopic (exact) mass is 350 g/mol. The second-order valence-electron chi connectivity index (χ2n) is 3.72. The summed E-state index contributed by atoms with van der Waals surface area (Å²) in [5.74, 6) is 0.289. The Morgan fingerprint density at radius 1 is 1.50 bits per heavy atom. The summed E-state index contributed by atoms with van der Waals surface area (Å²) in [6.45, 7) is 2.03. The van der Waals surface area contributed by atoms with Crippen molar-refractivity contribution in [1.29, 1.82) is 0 Å².